The monoisotopic (exact) mass is 460 g/mol. The molecule has 1 aliphatic heterocycles. The second-order valence-corrected chi connectivity index (χ2v) is 7.51. The van der Waals surface area contributed by atoms with E-state index in [1.54, 1.807) is 6.33 Å². The fourth-order valence-electron chi connectivity index (χ4n) is 5.14. The fourth-order valence-corrected chi connectivity index (χ4v) is 5.14. The molecule has 3 aliphatic rings. The first-order valence-electron chi connectivity index (χ1n) is 9.04. The minimum Gasteiger partial charge on any atom is -0.377 e. The Morgan fingerprint density at radius 2 is 2.24 bits per heavy atom. The van der Waals surface area contributed by atoms with Crippen molar-refractivity contribution in [2.45, 2.75) is 50.8 Å². The molecule has 2 saturated carbocycles. The summed E-state index contributed by atoms with van der Waals surface area (Å²) in [5.41, 5.74) is 0.336. The van der Waals surface area contributed by atoms with Gasteiger partial charge in [0.2, 0.25) is 0 Å². The maximum Gasteiger partial charge on any atom is 0.194 e. The minimum absolute atomic E-state index is 0. The van der Waals surface area contributed by atoms with E-state index < -0.39 is 0 Å². The predicted octanol–water partition coefficient (Wildman–Crippen LogP) is 1.79. The molecule has 1 spiro atoms. The first kappa shape index (κ1) is 18.9. The van der Waals surface area contributed by atoms with E-state index in [-0.39, 0.29) is 24.0 Å². The average molecular weight is 460 g/mol. The number of guanidine groups is 1. The van der Waals surface area contributed by atoms with Gasteiger partial charge in [-0.15, -0.1) is 24.0 Å². The molecule has 140 valence electrons. The van der Waals surface area contributed by atoms with Gasteiger partial charge in [0.05, 0.1) is 12.6 Å². The van der Waals surface area contributed by atoms with E-state index in [0.29, 0.717) is 30.0 Å². The average Bonchev–Trinajstić information content (AvgIpc) is 3.29. The van der Waals surface area contributed by atoms with Gasteiger partial charge in [0.1, 0.15) is 12.2 Å². The molecular formula is C17H29IN6O. The van der Waals surface area contributed by atoms with Crippen LogP contribution in [0.15, 0.2) is 11.3 Å². The summed E-state index contributed by atoms with van der Waals surface area (Å²) < 4.78 is 7.89. The van der Waals surface area contributed by atoms with Crippen LogP contribution in [0.4, 0.5) is 0 Å². The molecule has 0 aromatic carbocycles. The van der Waals surface area contributed by atoms with Crippen molar-refractivity contribution in [1.82, 2.24) is 25.0 Å². The van der Waals surface area contributed by atoms with Crippen LogP contribution >= 0.6 is 24.0 Å². The molecule has 1 aromatic heterocycles. The Balaban J connectivity index is 0.00000182. The highest BCUT2D eigenvalue weighted by Gasteiger charge is 2.65. The second kappa shape index (κ2) is 7.38. The number of nitrogens with one attached hydrogen (secondary N) is 1. The quantitative estimate of drug-likeness (QED) is 0.423. The molecule has 0 amide bonds. The van der Waals surface area contributed by atoms with Gasteiger partial charge in [0, 0.05) is 45.1 Å². The summed E-state index contributed by atoms with van der Waals surface area (Å²) in [5.74, 6) is 2.52. The number of nitrogens with zero attached hydrogens (tertiary/aromatic N) is 5. The number of aromatic nitrogens is 3. The topological polar surface area (TPSA) is 67.6 Å². The Morgan fingerprint density at radius 1 is 1.48 bits per heavy atom. The van der Waals surface area contributed by atoms with E-state index >= 15 is 0 Å². The van der Waals surface area contributed by atoms with Crippen molar-refractivity contribution in [2.75, 3.05) is 20.7 Å². The van der Waals surface area contributed by atoms with Gasteiger partial charge in [-0.2, -0.15) is 5.10 Å². The Morgan fingerprint density at radius 3 is 2.88 bits per heavy atom. The summed E-state index contributed by atoms with van der Waals surface area (Å²) in [6.07, 6.45) is 8.48. The van der Waals surface area contributed by atoms with Gasteiger partial charge in [-0.3, -0.25) is 9.67 Å². The van der Waals surface area contributed by atoms with Gasteiger partial charge in [-0.25, -0.2) is 4.98 Å². The summed E-state index contributed by atoms with van der Waals surface area (Å²) in [6, 6.07) is 0.494. The van der Waals surface area contributed by atoms with E-state index in [1.165, 1.54) is 32.1 Å². The zero-order chi connectivity index (χ0) is 16.7. The number of aliphatic imine (C=N–C) groups is 1. The van der Waals surface area contributed by atoms with Crippen LogP contribution in [0.1, 0.15) is 37.9 Å². The van der Waals surface area contributed by atoms with Crippen LogP contribution in [-0.2, 0) is 18.3 Å². The van der Waals surface area contributed by atoms with E-state index in [4.69, 9.17) is 4.74 Å². The molecule has 7 nitrogen and oxygen atoms in total. The molecule has 1 N–H and O–H groups in total. The van der Waals surface area contributed by atoms with Crippen LogP contribution in [0.2, 0.25) is 0 Å². The zero-order valence-corrected chi connectivity index (χ0v) is 17.6. The van der Waals surface area contributed by atoms with Crippen molar-refractivity contribution in [3.05, 3.63) is 12.2 Å². The van der Waals surface area contributed by atoms with Crippen molar-refractivity contribution in [3.8, 4) is 0 Å². The summed E-state index contributed by atoms with van der Waals surface area (Å²) >= 11 is 0. The van der Waals surface area contributed by atoms with Gasteiger partial charge >= 0.3 is 0 Å². The summed E-state index contributed by atoms with van der Waals surface area (Å²) in [7, 11) is 5.84. The molecule has 3 fully saturated rings. The van der Waals surface area contributed by atoms with Crippen LogP contribution in [0.3, 0.4) is 0 Å². The summed E-state index contributed by atoms with van der Waals surface area (Å²) in [6.45, 7) is 1.61. The third-order valence-corrected chi connectivity index (χ3v) is 6.33. The number of hydrogen-bond donors (Lipinski definition) is 1. The van der Waals surface area contributed by atoms with Gasteiger partial charge in [0.15, 0.2) is 5.96 Å². The third-order valence-electron chi connectivity index (χ3n) is 6.33. The Labute approximate surface area is 166 Å². The van der Waals surface area contributed by atoms with Crippen molar-refractivity contribution >= 4 is 29.9 Å². The van der Waals surface area contributed by atoms with Crippen LogP contribution in [0, 0.1) is 11.3 Å². The number of aryl methyl sites for hydroxylation is 1. The largest absolute Gasteiger partial charge is 0.377 e. The standard InChI is InChI=1S/C17H28N6O.HI/c1-18-16(22(2)10-13-19-11-20-23(13)3)21-14-12-6-9-24-15(12)17(14)7-4-5-8-17;/h11-12,14-15H,4-10H2,1-3H3,(H,18,21);1H. The molecule has 0 radical (unpaired) electrons. The zero-order valence-electron chi connectivity index (χ0n) is 15.3. The smallest absolute Gasteiger partial charge is 0.194 e. The van der Waals surface area contributed by atoms with Crippen LogP contribution in [0.25, 0.3) is 0 Å². The number of hydrogen-bond acceptors (Lipinski definition) is 4. The molecule has 3 unspecified atom stereocenters. The summed E-state index contributed by atoms with van der Waals surface area (Å²) in [5, 5.41) is 7.92. The Kier molecular flexibility index (Phi) is 5.57. The SMILES string of the molecule is CN=C(NC1C2CCOC2C12CCCC2)N(C)Cc1ncnn1C.I. The molecule has 25 heavy (non-hydrogen) atoms. The molecule has 3 atom stereocenters. The highest BCUT2D eigenvalue weighted by Crippen LogP contribution is 2.60. The first-order valence-corrected chi connectivity index (χ1v) is 9.04. The maximum atomic E-state index is 6.08. The summed E-state index contributed by atoms with van der Waals surface area (Å²) in [4.78, 5) is 11.0. The predicted molar refractivity (Wildman–Crippen MR) is 107 cm³/mol. The number of fused-ring (bicyclic) bond motifs is 2. The molecule has 2 heterocycles. The number of rotatable bonds is 3. The lowest BCUT2D eigenvalue weighted by atomic mass is 9.54. The lowest BCUT2D eigenvalue weighted by Gasteiger charge is -2.57. The number of halogens is 1. The van der Waals surface area contributed by atoms with Crippen LogP contribution < -0.4 is 5.32 Å². The first-order chi connectivity index (χ1) is 11.7. The van der Waals surface area contributed by atoms with E-state index in [0.717, 1.165) is 18.4 Å². The van der Waals surface area contributed by atoms with Gasteiger partial charge in [0.25, 0.3) is 0 Å². The highest BCUT2D eigenvalue weighted by atomic mass is 127. The maximum absolute atomic E-state index is 6.08. The number of ether oxygens (including phenoxy) is 1. The second-order valence-electron chi connectivity index (χ2n) is 7.51. The molecule has 1 saturated heterocycles. The Bertz CT molecular complexity index is 626. The molecule has 1 aromatic rings. The fraction of sp³-hybridized carbons (Fsp3) is 0.824. The highest BCUT2D eigenvalue weighted by molar-refractivity contribution is 14.0. The minimum atomic E-state index is 0. The Hall–Kier alpha value is -0.900. The molecule has 8 heteroatoms. The third kappa shape index (κ3) is 3.05. The van der Waals surface area contributed by atoms with E-state index in [9.17, 15) is 0 Å². The molecule has 4 rings (SSSR count). The van der Waals surface area contributed by atoms with Crippen molar-refractivity contribution in [1.29, 1.82) is 0 Å². The molecular weight excluding hydrogens is 431 g/mol. The van der Waals surface area contributed by atoms with Crippen LogP contribution in [0.5, 0.6) is 0 Å². The normalized spacial score (nSPS) is 29.9. The molecule has 2 aliphatic carbocycles. The van der Waals surface area contributed by atoms with Crippen LogP contribution in [-0.4, -0.2) is 58.5 Å². The lowest BCUT2D eigenvalue weighted by molar-refractivity contribution is -0.125. The molecule has 0 bridgehead atoms. The van der Waals surface area contributed by atoms with Crippen molar-refractivity contribution in [2.24, 2.45) is 23.4 Å². The van der Waals surface area contributed by atoms with E-state index in [2.05, 4.69) is 32.3 Å². The van der Waals surface area contributed by atoms with Gasteiger partial charge in [-0.1, -0.05) is 12.8 Å². The van der Waals surface area contributed by atoms with Gasteiger partial charge in [-0.05, 0) is 19.3 Å². The van der Waals surface area contributed by atoms with Crippen molar-refractivity contribution < 1.29 is 4.74 Å². The van der Waals surface area contributed by atoms with E-state index in [1.807, 2.05) is 18.8 Å². The van der Waals surface area contributed by atoms with Gasteiger partial charge < -0.3 is 15.0 Å². The van der Waals surface area contributed by atoms with Crippen molar-refractivity contribution in [3.63, 3.8) is 0 Å². The lowest BCUT2D eigenvalue weighted by Crippen LogP contribution is -2.69.